The van der Waals surface area contributed by atoms with E-state index in [4.69, 9.17) is 5.73 Å². The number of nitrogens with zero attached hydrogens (tertiary/aromatic N) is 1. The maximum Gasteiger partial charge on any atom is 0.267 e. The van der Waals surface area contributed by atoms with Crippen LogP contribution in [0, 0.1) is 0 Å². The summed E-state index contributed by atoms with van der Waals surface area (Å²) in [6.45, 7) is 0.578. The van der Waals surface area contributed by atoms with E-state index in [9.17, 15) is 4.79 Å². The summed E-state index contributed by atoms with van der Waals surface area (Å²) in [7, 11) is 0. The fourth-order valence-corrected chi connectivity index (χ4v) is 1.35. The van der Waals surface area contributed by atoms with Crippen molar-refractivity contribution in [3.8, 4) is 0 Å². The molecule has 0 saturated carbocycles. The molecule has 1 aliphatic heterocycles. The van der Waals surface area contributed by atoms with E-state index in [1.165, 1.54) is 0 Å². The van der Waals surface area contributed by atoms with Gasteiger partial charge in [0.15, 0.2) is 0 Å². The van der Waals surface area contributed by atoms with Crippen molar-refractivity contribution in [3.63, 3.8) is 0 Å². The molecule has 3 heteroatoms. The molecule has 0 saturated heterocycles. The predicted octanol–water partition coefficient (Wildman–Crippen LogP) is 0.475. The number of amides is 1. The maximum absolute atomic E-state index is 10.9. The highest BCUT2D eigenvalue weighted by Crippen LogP contribution is 2.17. The van der Waals surface area contributed by atoms with Crippen molar-refractivity contribution in [3.05, 3.63) is 35.4 Å². The van der Waals surface area contributed by atoms with Crippen molar-refractivity contribution in [2.24, 2.45) is 10.7 Å². The minimum atomic E-state index is -0.444. The van der Waals surface area contributed by atoms with Gasteiger partial charge in [-0.25, -0.2) is 0 Å². The first kappa shape index (κ1) is 7.03. The van der Waals surface area contributed by atoms with Gasteiger partial charge < -0.3 is 5.73 Å². The zero-order chi connectivity index (χ0) is 8.55. The van der Waals surface area contributed by atoms with Crippen LogP contribution in [0.1, 0.15) is 11.1 Å². The number of primary amides is 1. The minimum Gasteiger partial charge on any atom is -0.364 e. The molecule has 1 aromatic carbocycles. The lowest BCUT2D eigenvalue weighted by Gasteiger charge is -1.97. The Balaban J connectivity index is 2.52. The van der Waals surface area contributed by atoms with Gasteiger partial charge in [0.05, 0.1) is 6.54 Å². The molecule has 2 rings (SSSR count). The fourth-order valence-electron chi connectivity index (χ4n) is 1.35. The van der Waals surface area contributed by atoms with E-state index in [-0.39, 0.29) is 0 Å². The Morgan fingerprint density at radius 2 is 2.17 bits per heavy atom. The molecule has 0 bridgehead atoms. The van der Waals surface area contributed by atoms with E-state index in [2.05, 4.69) is 4.99 Å². The fraction of sp³-hybridized carbons (Fsp3) is 0.111. The average molecular weight is 160 g/mol. The number of hydrogen-bond acceptors (Lipinski definition) is 2. The lowest BCUT2D eigenvalue weighted by molar-refractivity contribution is -0.111. The Morgan fingerprint density at radius 1 is 1.42 bits per heavy atom. The van der Waals surface area contributed by atoms with Crippen LogP contribution in [-0.4, -0.2) is 11.6 Å². The molecule has 1 aliphatic rings. The van der Waals surface area contributed by atoms with E-state index >= 15 is 0 Å². The summed E-state index contributed by atoms with van der Waals surface area (Å²) in [5.41, 5.74) is 7.51. The van der Waals surface area contributed by atoms with Crippen LogP contribution < -0.4 is 5.73 Å². The molecule has 0 unspecified atom stereocenters. The molecule has 1 aromatic rings. The van der Waals surface area contributed by atoms with Crippen molar-refractivity contribution >= 4 is 11.6 Å². The summed E-state index contributed by atoms with van der Waals surface area (Å²) in [5, 5.41) is 0. The Morgan fingerprint density at radius 3 is 2.92 bits per heavy atom. The topological polar surface area (TPSA) is 55.5 Å². The Bertz CT molecular complexity index is 369. The van der Waals surface area contributed by atoms with E-state index in [0.29, 0.717) is 12.3 Å². The number of carbonyl (C=O) groups excluding carboxylic acids is 1. The lowest BCUT2D eigenvalue weighted by atomic mass is 10.1. The predicted molar refractivity (Wildman–Crippen MR) is 45.9 cm³/mol. The van der Waals surface area contributed by atoms with Crippen LogP contribution in [0.25, 0.3) is 0 Å². The highest BCUT2D eigenvalue weighted by molar-refractivity contribution is 6.45. The van der Waals surface area contributed by atoms with Gasteiger partial charge >= 0.3 is 0 Å². The normalized spacial score (nSPS) is 13.8. The Labute approximate surface area is 69.9 Å². The largest absolute Gasteiger partial charge is 0.364 e. The number of benzene rings is 1. The van der Waals surface area contributed by atoms with Crippen molar-refractivity contribution in [2.75, 3.05) is 0 Å². The summed E-state index contributed by atoms with van der Waals surface area (Å²) in [4.78, 5) is 14.9. The quantitative estimate of drug-likeness (QED) is 0.638. The first-order chi connectivity index (χ1) is 5.79. The second-order valence-electron chi connectivity index (χ2n) is 2.69. The van der Waals surface area contributed by atoms with Crippen LogP contribution >= 0.6 is 0 Å². The van der Waals surface area contributed by atoms with Crippen molar-refractivity contribution in [1.29, 1.82) is 0 Å². The van der Waals surface area contributed by atoms with Gasteiger partial charge in [-0.15, -0.1) is 0 Å². The van der Waals surface area contributed by atoms with Crippen LogP contribution in [0.4, 0.5) is 0 Å². The van der Waals surface area contributed by atoms with Gasteiger partial charge in [0, 0.05) is 5.56 Å². The SMILES string of the molecule is NC(=O)C1=NCc2ccccc21. The minimum absolute atomic E-state index is 0.408. The average Bonchev–Trinajstić information content (AvgIpc) is 2.47. The zero-order valence-electron chi connectivity index (χ0n) is 6.45. The number of hydrogen-bond donors (Lipinski definition) is 1. The standard InChI is InChI=1S/C9H8N2O/c10-9(12)8-7-4-2-1-3-6(7)5-11-8/h1-4H,5H2,(H2,10,12). The van der Waals surface area contributed by atoms with Crippen LogP contribution in [0.2, 0.25) is 0 Å². The number of nitrogens with two attached hydrogens (primary N) is 1. The Kier molecular flexibility index (Phi) is 1.43. The third-order valence-electron chi connectivity index (χ3n) is 1.91. The lowest BCUT2D eigenvalue weighted by Crippen LogP contribution is -2.22. The van der Waals surface area contributed by atoms with E-state index in [0.717, 1.165) is 11.1 Å². The second-order valence-corrected chi connectivity index (χ2v) is 2.69. The van der Waals surface area contributed by atoms with Crippen LogP contribution in [0.3, 0.4) is 0 Å². The number of rotatable bonds is 1. The molecule has 0 spiro atoms. The monoisotopic (exact) mass is 160 g/mol. The van der Waals surface area contributed by atoms with Crippen molar-refractivity contribution < 1.29 is 4.79 Å². The smallest absolute Gasteiger partial charge is 0.267 e. The van der Waals surface area contributed by atoms with Crippen LogP contribution in [-0.2, 0) is 11.3 Å². The summed E-state index contributed by atoms with van der Waals surface area (Å²) in [5.74, 6) is -0.444. The molecule has 0 fully saturated rings. The molecule has 3 nitrogen and oxygen atoms in total. The molecule has 0 aliphatic carbocycles. The highest BCUT2D eigenvalue weighted by Gasteiger charge is 2.18. The van der Waals surface area contributed by atoms with Gasteiger partial charge in [0.25, 0.3) is 5.91 Å². The summed E-state index contributed by atoms with van der Waals surface area (Å²) in [6.07, 6.45) is 0. The summed E-state index contributed by atoms with van der Waals surface area (Å²) in [6, 6.07) is 7.63. The van der Waals surface area contributed by atoms with Crippen molar-refractivity contribution in [1.82, 2.24) is 0 Å². The highest BCUT2D eigenvalue weighted by atomic mass is 16.1. The molecule has 1 heterocycles. The molecular formula is C9H8N2O. The summed E-state index contributed by atoms with van der Waals surface area (Å²) >= 11 is 0. The van der Waals surface area contributed by atoms with E-state index in [1.807, 2.05) is 24.3 Å². The molecule has 60 valence electrons. The van der Waals surface area contributed by atoms with Gasteiger partial charge in [-0.05, 0) is 5.56 Å². The molecule has 1 amide bonds. The van der Waals surface area contributed by atoms with Gasteiger partial charge in [0.2, 0.25) is 0 Å². The molecule has 0 atom stereocenters. The first-order valence-corrected chi connectivity index (χ1v) is 3.71. The number of fused-ring (bicyclic) bond motifs is 1. The van der Waals surface area contributed by atoms with Gasteiger partial charge in [0.1, 0.15) is 5.71 Å². The molecule has 0 radical (unpaired) electrons. The first-order valence-electron chi connectivity index (χ1n) is 3.71. The van der Waals surface area contributed by atoms with E-state index in [1.54, 1.807) is 0 Å². The molecule has 12 heavy (non-hydrogen) atoms. The van der Waals surface area contributed by atoms with Gasteiger partial charge in [-0.2, -0.15) is 0 Å². The third-order valence-corrected chi connectivity index (χ3v) is 1.91. The number of carbonyl (C=O) groups is 1. The van der Waals surface area contributed by atoms with Crippen LogP contribution in [0.15, 0.2) is 29.3 Å². The van der Waals surface area contributed by atoms with Gasteiger partial charge in [-0.1, -0.05) is 24.3 Å². The number of aliphatic imine (C=N–C) groups is 1. The molecule has 2 N–H and O–H groups in total. The zero-order valence-corrected chi connectivity index (χ0v) is 6.45. The maximum atomic E-state index is 10.9. The van der Waals surface area contributed by atoms with E-state index < -0.39 is 5.91 Å². The Hall–Kier alpha value is -1.64. The third kappa shape index (κ3) is 0.906. The van der Waals surface area contributed by atoms with Crippen molar-refractivity contribution in [2.45, 2.75) is 6.54 Å². The second kappa shape index (κ2) is 2.44. The van der Waals surface area contributed by atoms with Gasteiger partial charge in [-0.3, -0.25) is 9.79 Å². The molecular weight excluding hydrogens is 152 g/mol. The van der Waals surface area contributed by atoms with Crippen LogP contribution in [0.5, 0.6) is 0 Å². The summed E-state index contributed by atoms with van der Waals surface area (Å²) < 4.78 is 0. The molecule has 0 aromatic heterocycles.